The number of hydrogen-bond acceptors (Lipinski definition) is 4. The fourth-order valence-electron chi connectivity index (χ4n) is 2.84. The van der Waals surface area contributed by atoms with Gasteiger partial charge in [0.1, 0.15) is 17.1 Å². The van der Waals surface area contributed by atoms with Gasteiger partial charge in [0.05, 0.1) is 17.9 Å². The summed E-state index contributed by atoms with van der Waals surface area (Å²) >= 11 is 0. The summed E-state index contributed by atoms with van der Waals surface area (Å²) in [4.78, 5) is 12.3. The number of carbonyl (C=O) groups excluding carboxylic acids is 1. The molecule has 0 atom stereocenters. The first kappa shape index (κ1) is 12.9. The predicted molar refractivity (Wildman–Crippen MR) is 73.7 cm³/mol. The maximum absolute atomic E-state index is 12.3. The van der Waals surface area contributed by atoms with Crippen LogP contribution in [0.1, 0.15) is 53.5 Å². The lowest BCUT2D eigenvalue weighted by Crippen LogP contribution is -2.18. The molecule has 1 amide bonds. The van der Waals surface area contributed by atoms with Crippen LogP contribution < -0.4 is 5.32 Å². The van der Waals surface area contributed by atoms with E-state index in [9.17, 15) is 4.79 Å². The second-order valence-electron chi connectivity index (χ2n) is 5.25. The van der Waals surface area contributed by atoms with E-state index in [0.717, 1.165) is 18.7 Å². The molecule has 1 aliphatic carbocycles. The Kier molecular flexibility index (Phi) is 3.30. The van der Waals surface area contributed by atoms with Crippen molar-refractivity contribution in [2.75, 3.05) is 5.32 Å². The molecule has 1 N–H and O–H groups in total. The van der Waals surface area contributed by atoms with E-state index in [2.05, 4.69) is 15.6 Å². The third kappa shape index (κ3) is 2.21. The van der Waals surface area contributed by atoms with Crippen LogP contribution in [0.5, 0.6) is 0 Å². The predicted octanol–water partition coefficient (Wildman–Crippen LogP) is 2.86. The second-order valence-corrected chi connectivity index (χ2v) is 5.25. The van der Waals surface area contributed by atoms with E-state index in [1.165, 1.54) is 12.8 Å². The quantitative estimate of drug-likeness (QED) is 0.934. The third-order valence-corrected chi connectivity index (χ3v) is 3.84. The summed E-state index contributed by atoms with van der Waals surface area (Å²) < 4.78 is 6.95. The average Bonchev–Trinajstić information content (AvgIpc) is 3.10. The molecular weight excluding hydrogens is 256 g/mol. The van der Waals surface area contributed by atoms with Crippen LogP contribution in [0.4, 0.5) is 5.82 Å². The minimum Gasteiger partial charge on any atom is -0.361 e. The fraction of sp³-hybridized carbons (Fsp3) is 0.500. The first-order valence-corrected chi connectivity index (χ1v) is 6.94. The molecule has 0 aliphatic heterocycles. The molecule has 2 aromatic rings. The summed E-state index contributed by atoms with van der Waals surface area (Å²) in [6.07, 6.45) is 6.41. The van der Waals surface area contributed by atoms with Gasteiger partial charge in [0.15, 0.2) is 0 Å². The smallest absolute Gasteiger partial charge is 0.262 e. The van der Waals surface area contributed by atoms with Crippen molar-refractivity contribution in [3.05, 3.63) is 29.3 Å². The van der Waals surface area contributed by atoms with Crippen molar-refractivity contribution in [2.24, 2.45) is 0 Å². The molecule has 0 radical (unpaired) electrons. The number of aromatic nitrogens is 3. The van der Waals surface area contributed by atoms with Crippen LogP contribution in [-0.4, -0.2) is 20.8 Å². The van der Waals surface area contributed by atoms with Crippen LogP contribution in [0.2, 0.25) is 0 Å². The average molecular weight is 274 g/mol. The number of rotatable bonds is 3. The van der Waals surface area contributed by atoms with E-state index >= 15 is 0 Å². The molecule has 0 unspecified atom stereocenters. The molecule has 1 saturated carbocycles. The van der Waals surface area contributed by atoms with Gasteiger partial charge in [-0.3, -0.25) is 4.79 Å². The van der Waals surface area contributed by atoms with Gasteiger partial charge in [0, 0.05) is 6.07 Å². The highest BCUT2D eigenvalue weighted by atomic mass is 16.5. The van der Waals surface area contributed by atoms with Crippen molar-refractivity contribution in [2.45, 2.75) is 45.6 Å². The van der Waals surface area contributed by atoms with Crippen LogP contribution in [-0.2, 0) is 0 Å². The van der Waals surface area contributed by atoms with E-state index in [4.69, 9.17) is 4.52 Å². The molecule has 1 fully saturated rings. The zero-order valence-electron chi connectivity index (χ0n) is 11.7. The molecule has 2 aromatic heterocycles. The summed E-state index contributed by atoms with van der Waals surface area (Å²) in [6.45, 7) is 3.50. The lowest BCUT2D eigenvalue weighted by atomic mass is 10.2. The van der Waals surface area contributed by atoms with Crippen LogP contribution in [0, 0.1) is 13.8 Å². The van der Waals surface area contributed by atoms with Gasteiger partial charge >= 0.3 is 0 Å². The normalized spacial score (nSPS) is 15.7. The first-order chi connectivity index (χ1) is 9.66. The molecule has 2 heterocycles. The highest BCUT2D eigenvalue weighted by molar-refractivity contribution is 6.05. The molecule has 20 heavy (non-hydrogen) atoms. The van der Waals surface area contributed by atoms with Gasteiger partial charge < -0.3 is 9.84 Å². The van der Waals surface area contributed by atoms with Gasteiger partial charge in [-0.05, 0) is 26.7 Å². The molecule has 0 bridgehead atoms. The van der Waals surface area contributed by atoms with Crippen LogP contribution >= 0.6 is 0 Å². The summed E-state index contributed by atoms with van der Waals surface area (Å²) in [5, 5.41) is 11.1. The number of carbonyl (C=O) groups is 1. The largest absolute Gasteiger partial charge is 0.361 e. The lowest BCUT2D eigenvalue weighted by Gasteiger charge is -2.14. The molecule has 3 rings (SSSR count). The van der Waals surface area contributed by atoms with E-state index in [1.807, 2.05) is 10.7 Å². The molecule has 0 saturated heterocycles. The van der Waals surface area contributed by atoms with Crippen molar-refractivity contribution in [3.8, 4) is 0 Å². The highest BCUT2D eigenvalue weighted by Gasteiger charge is 2.22. The van der Waals surface area contributed by atoms with Gasteiger partial charge in [-0.1, -0.05) is 18.0 Å². The Morgan fingerprint density at radius 1 is 1.40 bits per heavy atom. The number of anilines is 1. The number of aryl methyl sites for hydroxylation is 2. The summed E-state index contributed by atoms with van der Waals surface area (Å²) in [7, 11) is 0. The topological polar surface area (TPSA) is 73.0 Å². The number of nitrogens with one attached hydrogen (secondary N) is 1. The van der Waals surface area contributed by atoms with E-state index in [0.29, 0.717) is 23.1 Å². The molecular formula is C14H18N4O2. The van der Waals surface area contributed by atoms with Crippen molar-refractivity contribution < 1.29 is 9.32 Å². The van der Waals surface area contributed by atoms with E-state index in [-0.39, 0.29) is 5.91 Å². The van der Waals surface area contributed by atoms with E-state index in [1.54, 1.807) is 20.0 Å². The van der Waals surface area contributed by atoms with Crippen molar-refractivity contribution in [1.82, 2.24) is 14.9 Å². The van der Waals surface area contributed by atoms with Gasteiger partial charge in [0.25, 0.3) is 5.91 Å². The second kappa shape index (κ2) is 5.11. The van der Waals surface area contributed by atoms with Gasteiger partial charge in [0.2, 0.25) is 0 Å². The Bertz CT molecular complexity index is 603. The third-order valence-electron chi connectivity index (χ3n) is 3.84. The molecule has 6 nitrogen and oxygen atoms in total. The Labute approximate surface area is 117 Å². The highest BCUT2D eigenvalue weighted by Crippen LogP contribution is 2.31. The maximum atomic E-state index is 12.3. The first-order valence-electron chi connectivity index (χ1n) is 6.94. The number of nitrogens with zero attached hydrogens (tertiary/aromatic N) is 3. The zero-order valence-corrected chi connectivity index (χ0v) is 11.7. The van der Waals surface area contributed by atoms with Crippen LogP contribution in [0.3, 0.4) is 0 Å². The minimum atomic E-state index is -0.194. The molecule has 6 heteroatoms. The Morgan fingerprint density at radius 3 is 2.80 bits per heavy atom. The molecule has 0 spiro atoms. The van der Waals surface area contributed by atoms with Gasteiger partial charge in [-0.2, -0.15) is 5.10 Å². The summed E-state index contributed by atoms with van der Waals surface area (Å²) in [6, 6.07) is 2.22. The van der Waals surface area contributed by atoms with Crippen LogP contribution in [0.15, 0.2) is 16.8 Å². The van der Waals surface area contributed by atoms with Crippen LogP contribution in [0.25, 0.3) is 0 Å². The number of amides is 1. The Balaban J connectivity index is 1.81. The minimum absolute atomic E-state index is 0.194. The summed E-state index contributed by atoms with van der Waals surface area (Å²) in [5.41, 5.74) is 1.11. The van der Waals surface area contributed by atoms with Crippen molar-refractivity contribution >= 4 is 11.7 Å². The standard InChI is InChI=1S/C14H18N4O2/c1-9-13(10(2)20-17-9)14(19)16-12-7-8-15-18(12)11-5-3-4-6-11/h7-8,11H,3-6H2,1-2H3,(H,16,19). The molecule has 106 valence electrons. The van der Waals surface area contributed by atoms with Gasteiger partial charge in [-0.25, -0.2) is 4.68 Å². The molecule has 0 aromatic carbocycles. The summed E-state index contributed by atoms with van der Waals surface area (Å²) in [5.74, 6) is 1.08. The fourth-order valence-corrected chi connectivity index (χ4v) is 2.84. The Morgan fingerprint density at radius 2 is 2.15 bits per heavy atom. The van der Waals surface area contributed by atoms with Crippen molar-refractivity contribution in [3.63, 3.8) is 0 Å². The Hall–Kier alpha value is -2.11. The lowest BCUT2D eigenvalue weighted by molar-refractivity contribution is 0.102. The SMILES string of the molecule is Cc1noc(C)c1C(=O)Nc1ccnn1C1CCCC1. The monoisotopic (exact) mass is 274 g/mol. The maximum Gasteiger partial charge on any atom is 0.262 e. The zero-order chi connectivity index (χ0) is 14.1. The number of hydrogen-bond donors (Lipinski definition) is 1. The van der Waals surface area contributed by atoms with E-state index < -0.39 is 0 Å². The molecule has 1 aliphatic rings. The van der Waals surface area contributed by atoms with Gasteiger partial charge in [-0.15, -0.1) is 0 Å². The van der Waals surface area contributed by atoms with Crippen molar-refractivity contribution in [1.29, 1.82) is 0 Å².